The Balaban J connectivity index is 2.53. The topological polar surface area (TPSA) is 99.6 Å². The van der Waals surface area contributed by atoms with Gasteiger partial charge in [0.1, 0.15) is 5.75 Å². The second-order valence-corrected chi connectivity index (χ2v) is 4.70. The summed E-state index contributed by atoms with van der Waals surface area (Å²) in [5.41, 5.74) is 0.526. The molecule has 1 amide bonds. The first-order valence-corrected chi connectivity index (χ1v) is 6.96. The Bertz CT molecular complexity index is 754. The van der Waals surface area contributed by atoms with Crippen molar-refractivity contribution < 1.29 is 23.8 Å². The largest absolute Gasteiger partial charge is 0.497 e. The molecule has 0 bridgehead atoms. The Morgan fingerprint density at radius 3 is 2.08 bits per heavy atom. The average Bonchev–Trinajstić information content (AvgIpc) is 2.60. The van der Waals surface area contributed by atoms with Crippen LogP contribution in [0.1, 0.15) is 23.1 Å². The Morgan fingerprint density at radius 1 is 0.958 bits per heavy atom. The van der Waals surface area contributed by atoms with Gasteiger partial charge in [0, 0.05) is 6.92 Å². The van der Waals surface area contributed by atoms with E-state index in [9.17, 15) is 9.59 Å². The van der Waals surface area contributed by atoms with Crippen molar-refractivity contribution in [2.45, 2.75) is 6.92 Å². The van der Waals surface area contributed by atoms with E-state index in [2.05, 4.69) is 15.3 Å². The van der Waals surface area contributed by atoms with Crippen LogP contribution < -0.4 is 19.5 Å². The third-order valence-corrected chi connectivity index (χ3v) is 3.08. The molecule has 8 heteroatoms. The third-order valence-electron chi connectivity index (χ3n) is 3.08. The maximum absolute atomic E-state index is 12.8. The Kier molecular flexibility index (Phi) is 5.31. The van der Waals surface area contributed by atoms with Crippen LogP contribution in [0.4, 0.5) is 5.69 Å². The van der Waals surface area contributed by atoms with Crippen molar-refractivity contribution in [2.24, 2.45) is 0 Å². The van der Waals surface area contributed by atoms with E-state index >= 15 is 0 Å². The van der Waals surface area contributed by atoms with Crippen LogP contribution in [0.2, 0.25) is 0 Å². The van der Waals surface area contributed by atoms with Gasteiger partial charge in [-0.3, -0.25) is 9.59 Å². The summed E-state index contributed by atoms with van der Waals surface area (Å²) in [5.74, 6) is -0.0927. The molecule has 0 saturated heterocycles. The van der Waals surface area contributed by atoms with Crippen molar-refractivity contribution in [1.29, 1.82) is 0 Å². The lowest BCUT2D eigenvalue weighted by molar-refractivity contribution is -0.114. The van der Waals surface area contributed by atoms with E-state index < -0.39 is 5.78 Å². The number of hydrogen-bond donors (Lipinski definition) is 1. The van der Waals surface area contributed by atoms with Crippen molar-refractivity contribution in [1.82, 2.24) is 9.97 Å². The zero-order valence-electron chi connectivity index (χ0n) is 13.7. The number of methoxy groups -OCH3 is 3. The van der Waals surface area contributed by atoms with Gasteiger partial charge in [-0.15, -0.1) is 0 Å². The monoisotopic (exact) mass is 331 g/mol. The fourth-order valence-electron chi connectivity index (χ4n) is 1.97. The number of amides is 1. The first-order valence-electron chi connectivity index (χ1n) is 6.96. The second kappa shape index (κ2) is 7.40. The minimum Gasteiger partial charge on any atom is -0.497 e. The number of nitrogens with zero attached hydrogens (tertiary/aromatic N) is 2. The van der Waals surface area contributed by atoms with E-state index in [0.717, 1.165) is 0 Å². The summed E-state index contributed by atoms with van der Waals surface area (Å²) in [5, 5.41) is 2.60. The van der Waals surface area contributed by atoms with Gasteiger partial charge in [0.05, 0.1) is 38.6 Å². The highest BCUT2D eigenvalue weighted by atomic mass is 16.5. The molecule has 1 heterocycles. The number of ether oxygens (including phenoxy) is 3. The standard InChI is InChI=1S/C16H17N3O5/c1-9(20)17-12-6-5-10(22-2)7-11(12)15(21)16-18-13(23-3)8-14(19-16)24-4/h5-8H,1-4H3,(H,17,20). The van der Waals surface area contributed by atoms with Crippen LogP contribution in [0, 0.1) is 0 Å². The first kappa shape index (κ1) is 17.2. The van der Waals surface area contributed by atoms with E-state index in [-0.39, 0.29) is 29.1 Å². The number of aromatic nitrogens is 2. The molecule has 0 aliphatic heterocycles. The van der Waals surface area contributed by atoms with Crippen LogP contribution in [0.5, 0.6) is 17.5 Å². The molecule has 0 aliphatic carbocycles. The van der Waals surface area contributed by atoms with Gasteiger partial charge in [-0.2, -0.15) is 9.97 Å². The molecule has 1 N–H and O–H groups in total. The van der Waals surface area contributed by atoms with Gasteiger partial charge in [0.2, 0.25) is 29.3 Å². The van der Waals surface area contributed by atoms with E-state index in [4.69, 9.17) is 14.2 Å². The van der Waals surface area contributed by atoms with Crippen molar-refractivity contribution in [3.05, 3.63) is 35.7 Å². The minimum absolute atomic E-state index is 0.119. The highest BCUT2D eigenvalue weighted by molar-refractivity contribution is 6.12. The first-order chi connectivity index (χ1) is 11.5. The van der Waals surface area contributed by atoms with E-state index in [0.29, 0.717) is 11.4 Å². The fraction of sp³-hybridized carbons (Fsp3) is 0.250. The summed E-state index contributed by atoms with van der Waals surface area (Å²) in [7, 11) is 4.32. The quantitative estimate of drug-likeness (QED) is 0.804. The summed E-state index contributed by atoms with van der Waals surface area (Å²) < 4.78 is 15.2. The molecule has 0 fully saturated rings. The van der Waals surface area contributed by atoms with Crippen LogP contribution in [-0.2, 0) is 4.79 Å². The van der Waals surface area contributed by atoms with Gasteiger partial charge < -0.3 is 19.5 Å². The van der Waals surface area contributed by atoms with E-state index in [1.54, 1.807) is 12.1 Å². The van der Waals surface area contributed by atoms with Crippen LogP contribution in [0.3, 0.4) is 0 Å². The van der Waals surface area contributed by atoms with Gasteiger partial charge in [0.15, 0.2) is 0 Å². The highest BCUT2D eigenvalue weighted by Crippen LogP contribution is 2.25. The van der Waals surface area contributed by atoms with Crippen LogP contribution in [0.15, 0.2) is 24.3 Å². The third kappa shape index (κ3) is 3.78. The van der Waals surface area contributed by atoms with Gasteiger partial charge in [-0.25, -0.2) is 0 Å². The van der Waals surface area contributed by atoms with Crippen LogP contribution in [0.25, 0.3) is 0 Å². The number of carbonyl (C=O) groups excluding carboxylic acids is 2. The number of ketones is 1. The van der Waals surface area contributed by atoms with Crippen molar-refractivity contribution >= 4 is 17.4 Å². The van der Waals surface area contributed by atoms with Gasteiger partial charge in [0.25, 0.3) is 0 Å². The minimum atomic E-state index is -0.505. The molecular formula is C16H17N3O5. The summed E-state index contributed by atoms with van der Waals surface area (Å²) in [6, 6.07) is 6.17. The molecule has 0 aliphatic rings. The van der Waals surface area contributed by atoms with Crippen molar-refractivity contribution in [2.75, 3.05) is 26.6 Å². The van der Waals surface area contributed by atoms with Crippen LogP contribution in [-0.4, -0.2) is 43.0 Å². The van der Waals surface area contributed by atoms with E-state index in [1.807, 2.05) is 0 Å². The number of anilines is 1. The fourth-order valence-corrected chi connectivity index (χ4v) is 1.97. The summed E-state index contributed by atoms with van der Waals surface area (Å²) in [6.45, 7) is 1.35. The molecule has 1 aromatic heterocycles. The lowest BCUT2D eigenvalue weighted by atomic mass is 10.1. The van der Waals surface area contributed by atoms with Gasteiger partial charge in [-0.05, 0) is 18.2 Å². The molecular weight excluding hydrogens is 314 g/mol. The van der Waals surface area contributed by atoms with Crippen molar-refractivity contribution in [3.8, 4) is 17.5 Å². The SMILES string of the molecule is COc1ccc(NC(C)=O)c(C(=O)c2nc(OC)cc(OC)n2)c1. The molecule has 24 heavy (non-hydrogen) atoms. The van der Waals surface area contributed by atoms with Crippen LogP contribution >= 0.6 is 0 Å². The molecule has 0 spiro atoms. The van der Waals surface area contributed by atoms with E-state index in [1.165, 1.54) is 40.4 Å². The second-order valence-electron chi connectivity index (χ2n) is 4.70. The molecule has 2 aromatic rings. The predicted octanol–water partition coefficient (Wildman–Crippen LogP) is 1.69. The summed E-state index contributed by atoms with van der Waals surface area (Å²) in [6.07, 6.45) is 0. The molecule has 126 valence electrons. The summed E-state index contributed by atoms with van der Waals surface area (Å²) in [4.78, 5) is 32.2. The van der Waals surface area contributed by atoms with Gasteiger partial charge in [-0.1, -0.05) is 0 Å². The Hall–Kier alpha value is -3.16. The number of carbonyl (C=O) groups is 2. The summed E-state index contributed by atoms with van der Waals surface area (Å²) >= 11 is 0. The molecule has 8 nitrogen and oxygen atoms in total. The smallest absolute Gasteiger partial charge is 0.232 e. The number of rotatable bonds is 6. The lowest BCUT2D eigenvalue weighted by Crippen LogP contribution is -2.14. The highest BCUT2D eigenvalue weighted by Gasteiger charge is 2.20. The number of benzene rings is 1. The zero-order chi connectivity index (χ0) is 17.7. The van der Waals surface area contributed by atoms with Crippen molar-refractivity contribution in [3.63, 3.8) is 0 Å². The molecule has 0 unspecified atom stereocenters. The maximum Gasteiger partial charge on any atom is 0.232 e. The molecule has 1 aromatic carbocycles. The normalized spacial score (nSPS) is 10.0. The van der Waals surface area contributed by atoms with Gasteiger partial charge >= 0.3 is 0 Å². The zero-order valence-corrected chi connectivity index (χ0v) is 13.7. The molecule has 2 rings (SSSR count). The Morgan fingerprint density at radius 2 is 1.58 bits per heavy atom. The molecule has 0 radical (unpaired) electrons. The maximum atomic E-state index is 12.8. The average molecular weight is 331 g/mol. The molecule has 0 saturated carbocycles. The lowest BCUT2D eigenvalue weighted by Gasteiger charge is -2.11. The number of nitrogens with one attached hydrogen (secondary N) is 1. The Labute approximate surface area is 138 Å². The number of hydrogen-bond acceptors (Lipinski definition) is 7. The predicted molar refractivity (Wildman–Crippen MR) is 85.9 cm³/mol. The molecule has 0 atom stereocenters.